The van der Waals surface area contributed by atoms with Gasteiger partial charge in [0.25, 0.3) is 0 Å². The van der Waals surface area contributed by atoms with E-state index >= 15 is 0 Å². The molecule has 0 bridgehead atoms. The Balaban J connectivity index is 0.00000420. The van der Waals surface area contributed by atoms with Crippen molar-refractivity contribution < 1.29 is 9.47 Å². The maximum Gasteiger partial charge on any atom is 0.193 e. The van der Waals surface area contributed by atoms with Gasteiger partial charge >= 0.3 is 0 Å². The molecule has 0 amide bonds. The van der Waals surface area contributed by atoms with Crippen molar-refractivity contribution in [3.63, 3.8) is 0 Å². The number of hydrogen-bond donors (Lipinski definition) is 1. The summed E-state index contributed by atoms with van der Waals surface area (Å²) in [4.78, 5) is 11.1. The Morgan fingerprint density at radius 3 is 2.72 bits per heavy atom. The van der Waals surface area contributed by atoms with Gasteiger partial charge in [0.05, 0.1) is 18.8 Å². The van der Waals surface area contributed by atoms with Gasteiger partial charge in [-0.2, -0.15) is 0 Å². The van der Waals surface area contributed by atoms with Gasteiger partial charge in [0.15, 0.2) is 5.96 Å². The molecule has 1 N–H and O–H groups in total. The van der Waals surface area contributed by atoms with Crippen LogP contribution in [0, 0.1) is 0 Å². The first-order valence-electron chi connectivity index (χ1n) is 9.64. The molecule has 6 nitrogen and oxygen atoms in total. The van der Waals surface area contributed by atoms with Crippen LogP contribution in [-0.4, -0.2) is 50.2 Å². The first-order chi connectivity index (χ1) is 13.6. The lowest BCUT2D eigenvalue weighted by molar-refractivity contribution is 0.117. The maximum atomic E-state index is 5.72. The molecule has 2 rings (SSSR count). The predicted molar refractivity (Wildman–Crippen MR) is 131 cm³/mol. The zero-order chi connectivity index (χ0) is 20.2. The lowest BCUT2D eigenvalue weighted by Crippen LogP contribution is -2.39. The molecule has 162 valence electrons. The third-order valence-corrected chi connectivity index (χ3v) is 5.41. The molecule has 0 aliphatic rings. The summed E-state index contributed by atoms with van der Waals surface area (Å²) in [7, 11) is 5.54. The first kappa shape index (κ1) is 25.8. The highest BCUT2D eigenvalue weighted by Crippen LogP contribution is 2.20. The van der Waals surface area contributed by atoms with Crippen LogP contribution in [0.1, 0.15) is 42.1 Å². The summed E-state index contributed by atoms with van der Waals surface area (Å²) in [5, 5.41) is 6.50. The molecule has 0 radical (unpaired) electrons. The van der Waals surface area contributed by atoms with Gasteiger partial charge in [-0.15, -0.1) is 35.3 Å². The quantitative estimate of drug-likeness (QED) is 0.200. The van der Waals surface area contributed by atoms with Gasteiger partial charge in [-0.1, -0.05) is 30.3 Å². The van der Waals surface area contributed by atoms with Gasteiger partial charge < -0.3 is 19.7 Å². The number of hydrogen-bond acceptors (Lipinski definition) is 5. The Hall–Kier alpha value is -1.23. The van der Waals surface area contributed by atoms with E-state index < -0.39 is 0 Å². The number of aliphatic imine (C=N–C) groups is 1. The standard InChI is InChI=1S/C21H32N4O2S.HI/c1-17(26-4)20-24-19(16-28-20)14-25(3)21(22-2)23-12-8-9-13-27-15-18-10-6-5-7-11-18;/h5-7,10-11,16-17H,8-9,12-15H2,1-4H3,(H,22,23);1H. The molecule has 0 aliphatic carbocycles. The molecule has 1 unspecified atom stereocenters. The summed E-state index contributed by atoms with van der Waals surface area (Å²) in [6.45, 7) is 5.04. The molecule has 1 aromatic carbocycles. The number of nitrogens with zero attached hydrogens (tertiary/aromatic N) is 3. The van der Waals surface area contributed by atoms with Crippen LogP contribution in [0.4, 0.5) is 0 Å². The number of ether oxygens (including phenoxy) is 2. The fourth-order valence-electron chi connectivity index (χ4n) is 2.68. The zero-order valence-corrected chi connectivity index (χ0v) is 20.9. The van der Waals surface area contributed by atoms with Crippen molar-refractivity contribution in [2.75, 3.05) is 34.4 Å². The molecule has 0 aliphatic heterocycles. The Kier molecular flexibility index (Phi) is 13.1. The van der Waals surface area contributed by atoms with Crippen LogP contribution in [0.5, 0.6) is 0 Å². The summed E-state index contributed by atoms with van der Waals surface area (Å²) in [5.74, 6) is 0.875. The third kappa shape index (κ3) is 9.41. The summed E-state index contributed by atoms with van der Waals surface area (Å²) >= 11 is 1.63. The highest BCUT2D eigenvalue weighted by Gasteiger charge is 2.12. The summed E-state index contributed by atoms with van der Waals surface area (Å²) in [6, 6.07) is 10.3. The van der Waals surface area contributed by atoms with Crippen LogP contribution in [0.25, 0.3) is 0 Å². The Morgan fingerprint density at radius 1 is 1.28 bits per heavy atom. The molecule has 1 heterocycles. The summed E-state index contributed by atoms with van der Waals surface area (Å²) in [6.07, 6.45) is 2.09. The molecule has 0 saturated heterocycles. The average Bonchev–Trinajstić information content (AvgIpc) is 3.18. The van der Waals surface area contributed by atoms with E-state index in [0.717, 1.165) is 42.7 Å². The SMILES string of the molecule is CN=C(NCCCCOCc1ccccc1)N(C)Cc1csc(C(C)OC)n1.I. The highest BCUT2D eigenvalue weighted by atomic mass is 127. The van der Waals surface area contributed by atoms with Gasteiger partial charge in [0.2, 0.25) is 0 Å². The second-order valence-corrected chi connectivity index (χ2v) is 7.52. The number of nitrogens with one attached hydrogen (secondary N) is 1. The second kappa shape index (κ2) is 14.7. The van der Waals surface area contributed by atoms with E-state index in [9.17, 15) is 0 Å². The molecule has 0 saturated carbocycles. The fourth-order valence-corrected chi connectivity index (χ4v) is 3.52. The number of methoxy groups -OCH3 is 1. The Labute approximate surface area is 195 Å². The second-order valence-electron chi connectivity index (χ2n) is 6.63. The van der Waals surface area contributed by atoms with Crippen LogP contribution in [-0.2, 0) is 22.6 Å². The topological polar surface area (TPSA) is 59.0 Å². The van der Waals surface area contributed by atoms with Gasteiger partial charge in [-0.05, 0) is 25.3 Å². The number of guanidine groups is 1. The van der Waals surface area contributed by atoms with E-state index in [-0.39, 0.29) is 30.1 Å². The van der Waals surface area contributed by atoms with E-state index in [2.05, 4.69) is 37.7 Å². The highest BCUT2D eigenvalue weighted by molar-refractivity contribution is 14.0. The summed E-state index contributed by atoms with van der Waals surface area (Å²) in [5.41, 5.74) is 2.25. The number of rotatable bonds is 11. The van der Waals surface area contributed by atoms with E-state index in [0.29, 0.717) is 13.2 Å². The molecular weight excluding hydrogens is 499 g/mol. The smallest absolute Gasteiger partial charge is 0.193 e. The lowest BCUT2D eigenvalue weighted by atomic mass is 10.2. The lowest BCUT2D eigenvalue weighted by Gasteiger charge is -2.21. The molecule has 0 fully saturated rings. The molecule has 1 atom stereocenters. The molecule has 29 heavy (non-hydrogen) atoms. The molecular formula is C21H33IN4O2S. The summed E-state index contributed by atoms with van der Waals surface area (Å²) < 4.78 is 11.1. The van der Waals surface area contributed by atoms with E-state index in [1.807, 2.05) is 32.2 Å². The number of benzene rings is 1. The minimum Gasteiger partial charge on any atom is -0.377 e. The Morgan fingerprint density at radius 2 is 2.03 bits per heavy atom. The number of thiazole rings is 1. The van der Waals surface area contributed by atoms with Crippen molar-refractivity contribution in [3.8, 4) is 0 Å². The van der Waals surface area contributed by atoms with Gasteiger partial charge in [0.1, 0.15) is 11.1 Å². The van der Waals surface area contributed by atoms with Gasteiger partial charge in [-0.3, -0.25) is 4.99 Å². The van der Waals surface area contributed by atoms with Gasteiger partial charge in [-0.25, -0.2) is 4.98 Å². The van der Waals surface area contributed by atoms with Crippen molar-refractivity contribution in [3.05, 3.63) is 52.0 Å². The van der Waals surface area contributed by atoms with Crippen LogP contribution in [0.3, 0.4) is 0 Å². The molecule has 1 aromatic heterocycles. The van der Waals surface area contributed by atoms with Crippen LogP contribution in [0.15, 0.2) is 40.7 Å². The van der Waals surface area contributed by atoms with E-state index in [1.165, 1.54) is 5.56 Å². The number of aromatic nitrogens is 1. The molecule has 0 spiro atoms. The van der Waals surface area contributed by atoms with Gasteiger partial charge in [0, 0.05) is 39.7 Å². The minimum absolute atomic E-state index is 0. The van der Waals surface area contributed by atoms with Crippen molar-refractivity contribution in [2.45, 2.75) is 39.0 Å². The fraction of sp³-hybridized carbons (Fsp3) is 0.524. The predicted octanol–water partition coefficient (Wildman–Crippen LogP) is 4.47. The third-order valence-electron chi connectivity index (χ3n) is 4.35. The maximum absolute atomic E-state index is 5.72. The molecule has 8 heteroatoms. The Bertz CT molecular complexity index is 712. The van der Waals surface area contributed by atoms with Crippen LogP contribution < -0.4 is 5.32 Å². The van der Waals surface area contributed by atoms with Crippen LogP contribution >= 0.6 is 35.3 Å². The minimum atomic E-state index is 0. The van der Waals surface area contributed by atoms with E-state index in [1.54, 1.807) is 25.5 Å². The molecule has 2 aromatic rings. The monoisotopic (exact) mass is 532 g/mol. The largest absolute Gasteiger partial charge is 0.377 e. The number of unbranched alkanes of at least 4 members (excludes halogenated alkanes) is 1. The van der Waals surface area contributed by atoms with Crippen molar-refractivity contribution in [2.24, 2.45) is 4.99 Å². The average molecular weight is 532 g/mol. The van der Waals surface area contributed by atoms with Crippen LogP contribution in [0.2, 0.25) is 0 Å². The first-order valence-corrected chi connectivity index (χ1v) is 10.5. The number of halogens is 1. The van der Waals surface area contributed by atoms with E-state index in [4.69, 9.17) is 9.47 Å². The van der Waals surface area contributed by atoms with Crippen molar-refractivity contribution in [1.82, 2.24) is 15.2 Å². The normalized spacial score (nSPS) is 12.3. The van der Waals surface area contributed by atoms with Crippen molar-refractivity contribution in [1.29, 1.82) is 0 Å². The van der Waals surface area contributed by atoms with Crippen molar-refractivity contribution >= 4 is 41.3 Å². The zero-order valence-electron chi connectivity index (χ0n) is 17.8.